The van der Waals surface area contributed by atoms with Crippen molar-refractivity contribution < 1.29 is 17.6 Å². The summed E-state index contributed by atoms with van der Waals surface area (Å²) in [5, 5.41) is 9.44. The lowest BCUT2D eigenvalue weighted by atomic mass is 9.97. The summed E-state index contributed by atoms with van der Waals surface area (Å²) in [6, 6.07) is 6.79. The summed E-state index contributed by atoms with van der Waals surface area (Å²) in [6.07, 6.45) is 1.76. The molecule has 0 N–H and O–H groups in total. The number of alkyl halides is 3. The van der Waals surface area contributed by atoms with E-state index >= 15 is 0 Å². The van der Waals surface area contributed by atoms with Gasteiger partial charge in [-0.2, -0.15) is 13.2 Å². The Hall–Kier alpha value is -2.46. The molecule has 10 heteroatoms. The number of hydrogen-bond donors (Lipinski definition) is 0. The minimum atomic E-state index is -4.52. The molecular weight excluding hydrogens is 466 g/mol. The third-order valence-corrected chi connectivity index (χ3v) is 8.07. The van der Waals surface area contributed by atoms with Gasteiger partial charge in [0.1, 0.15) is 5.82 Å². The minimum Gasteiger partial charge on any atom is -0.305 e. The highest BCUT2D eigenvalue weighted by Gasteiger charge is 2.58. The molecule has 0 amide bonds. The summed E-state index contributed by atoms with van der Waals surface area (Å²) in [7, 11) is 1.95. The highest BCUT2D eigenvalue weighted by atomic mass is 32.2. The van der Waals surface area contributed by atoms with Crippen molar-refractivity contribution in [3.8, 4) is 11.4 Å². The fraction of sp³-hybridized carbons (Fsp3) is 0.458. The first-order chi connectivity index (χ1) is 16.3. The standard InChI is InChI=1S/C24H25F4N5S/c1-32-21(16-4-2-8-29-14-16)30-31-22(32)34-11-3-9-33-10-7-23(15-33)13-19(23)18-6-5-17(12-20(18)25)24(26,27)28/h2,4-6,8,12,14,19H,3,7,9-11,13,15H2,1H3/t19?,23-/m1/s1. The maximum Gasteiger partial charge on any atom is 0.416 e. The van der Waals surface area contributed by atoms with Crippen LogP contribution < -0.4 is 0 Å². The predicted molar refractivity (Wildman–Crippen MR) is 122 cm³/mol. The Morgan fingerprint density at radius 3 is 2.79 bits per heavy atom. The van der Waals surface area contributed by atoms with Crippen molar-refractivity contribution >= 4 is 11.8 Å². The summed E-state index contributed by atoms with van der Waals surface area (Å²) in [5.74, 6) is 0.964. The molecule has 2 aromatic heterocycles. The zero-order valence-corrected chi connectivity index (χ0v) is 19.5. The molecule has 0 radical (unpaired) electrons. The normalized spacial score (nSPS) is 22.6. The third-order valence-electron chi connectivity index (χ3n) is 6.96. The number of pyridine rings is 1. The SMILES string of the molecule is Cn1c(SCCCN2CC[C@@]3(CC3c3ccc(C(F)(F)F)cc3F)C2)nnc1-c1cccnc1. The molecule has 1 unspecified atom stereocenters. The van der Waals surface area contributed by atoms with E-state index in [2.05, 4.69) is 20.1 Å². The number of rotatable bonds is 7. The maximum absolute atomic E-state index is 14.4. The summed E-state index contributed by atoms with van der Waals surface area (Å²) < 4.78 is 54.9. The van der Waals surface area contributed by atoms with Crippen LogP contribution in [0.2, 0.25) is 0 Å². The first-order valence-corrected chi connectivity index (χ1v) is 12.3. The number of likely N-dealkylation sites (tertiary alicyclic amines) is 1. The van der Waals surface area contributed by atoms with Crippen molar-refractivity contribution in [3.63, 3.8) is 0 Å². The van der Waals surface area contributed by atoms with E-state index in [4.69, 9.17) is 0 Å². The first kappa shape index (κ1) is 23.3. The molecule has 0 bridgehead atoms. The van der Waals surface area contributed by atoms with E-state index in [0.29, 0.717) is 11.6 Å². The Morgan fingerprint density at radius 2 is 2.06 bits per heavy atom. The van der Waals surface area contributed by atoms with E-state index in [1.54, 1.807) is 24.2 Å². The Kier molecular flexibility index (Phi) is 6.14. The monoisotopic (exact) mass is 491 g/mol. The summed E-state index contributed by atoms with van der Waals surface area (Å²) >= 11 is 1.66. The minimum absolute atomic E-state index is 0.00987. The first-order valence-electron chi connectivity index (χ1n) is 11.3. The molecule has 1 spiro atoms. The maximum atomic E-state index is 14.4. The van der Waals surface area contributed by atoms with Crippen LogP contribution >= 0.6 is 11.8 Å². The van der Waals surface area contributed by atoms with Gasteiger partial charge in [0, 0.05) is 37.3 Å². The van der Waals surface area contributed by atoms with Crippen LogP contribution in [0, 0.1) is 11.2 Å². The van der Waals surface area contributed by atoms with Gasteiger partial charge in [-0.05, 0) is 73.5 Å². The average Bonchev–Trinajstić information content (AvgIpc) is 3.14. The van der Waals surface area contributed by atoms with Gasteiger partial charge in [-0.1, -0.05) is 17.8 Å². The molecule has 5 rings (SSSR count). The Balaban J connectivity index is 1.11. The van der Waals surface area contributed by atoms with Crippen molar-refractivity contribution in [2.75, 3.05) is 25.4 Å². The fourth-order valence-corrected chi connectivity index (χ4v) is 5.87. The van der Waals surface area contributed by atoms with E-state index in [9.17, 15) is 17.6 Å². The largest absolute Gasteiger partial charge is 0.416 e. The fourth-order valence-electron chi connectivity index (χ4n) is 5.04. The molecule has 3 heterocycles. The molecule has 2 fully saturated rings. The Labute approximate surface area is 199 Å². The molecule has 2 atom stereocenters. The topological polar surface area (TPSA) is 46.8 Å². The van der Waals surface area contributed by atoms with Gasteiger partial charge in [-0.25, -0.2) is 4.39 Å². The van der Waals surface area contributed by atoms with E-state index in [1.807, 2.05) is 23.7 Å². The van der Waals surface area contributed by atoms with E-state index < -0.39 is 17.6 Å². The summed E-state index contributed by atoms with van der Waals surface area (Å²) in [4.78, 5) is 6.52. The lowest BCUT2D eigenvalue weighted by molar-refractivity contribution is -0.137. The summed E-state index contributed by atoms with van der Waals surface area (Å²) in [6.45, 7) is 2.75. The second-order valence-corrected chi connectivity index (χ2v) is 10.3. The molecule has 1 aromatic carbocycles. The number of nitrogens with zero attached hydrogens (tertiary/aromatic N) is 5. The molecule has 5 nitrogen and oxygen atoms in total. The molecule has 1 saturated carbocycles. The van der Waals surface area contributed by atoms with Crippen molar-refractivity contribution in [2.45, 2.75) is 36.5 Å². The molecule has 1 aliphatic heterocycles. The van der Waals surface area contributed by atoms with Crippen LogP contribution in [0.5, 0.6) is 0 Å². The smallest absolute Gasteiger partial charge is 0.305 e. The molecule has 1 aliphatic carbocycles. The van der Waals surface area contributed by atoms with Gasteiger partial charge >= 0.3 is 6.18 Å². The molecule has 3 aromatic rings. The zero-order valence-electron chi connectivity index (χ0n) is 18.7. The number of hydrogen-bond acceptors (Lipinski definition) is 5. The van der Waals surface area contributed by atoms with E-state index in [-0.39, 0.29) is 11.3 Å². The van der Waals surface area contributed by atoms with Gasteiger partial charge in [0.25, 0.3) is 0 Å². The van der Waals surface area contributed by atoms with Gasteiger partial charge in [-0.15, -0.1) is 10.2 Å². The van der Waals surface area contributed by atoms with Gasteiger partial charge in [-0.3, -0.25) is 4.98 Å². The van der Waals surface area contributed by atoms with Crippen molar-refractivity contribution in [2.24, 2.45) is 12.5 Å². The Bertz CT molecular complexity index is 1170. The van der Waals surface area contributed by atoms with Crippen LogP contribution in [-0.2, 0) is 13.2 Å². The molecule has 34 heavy (non-hydrogen) atoms. The second-order valence-electron chi connectivity index (χ2n) is 9.19. The Morgan fingerprint density at radius 1 is 1.21 bits per heavy atom. The van der Waals surface area contributed by atoms with Crippen LogP contribution in [0.15, 0.2) is 47.9 Å². The highest BCUT2D eigenvalue weighted by Crippen LogP contribution is 2.64. The number of aromatic nitrogens is 4. The summed E-state index contributed by atoms with van der Waals surface area (Å²) in [5.41, 5.74) is 0.437. The molecule has 1 saturated heterocycles. The second kappa shape index (κ2) is 8.96. The average molecular weight is 492 g/mol. The van der Waals surface area contributed by atoms with E-state index in [1.165, 1.54) is 6.07 Å². The van der Waals surface area contributed by atoms with Crippen LogP contribution in [0.25, 0.3) is 11.4 Å². The third kappa shape index (κ3) is 4.57. The van der Waals surface area contributed by atoms with Crippen molar-refractivity contribution in [1.29, 1.82) is 0 Å². The lowest BCUT2D eigenvalue weighted by Crippen LogP contribution is -2.23. The number of benzene rings is 1. The zero-order chi connectivity index (χ0) is 23.9. The highest BCUT2D eigenvalue weighted by molar-refractivity contribution is 7.99. The van der Waals surface area contributed by atoms with Crippen molar-refractivity contribution in [3.05, 3.63) is 59.7 Å². The number of halogens is 4. The van der Waals surface area contributed by atoms with Crippen LogP contribution in [0.1, 0.15) is 36.3 Å². The number of thioether (sulfide) groups is 1. The quantitative estimate of drug-likeness (QED) is 0.252. The van der Waals surface area contributed by atoms with Crippen LogP contribution in [0.4, 0.5) is 17.6 Å². The van der Waals surface area contributed by atoms with Crippen LogP contribution in [0.3, 0.4) is 0 Å². The van der Waals surface area contributed by atoms with Gasteiger partial charge in [0.15, 0.2) is 11.0 Å². The molecular formula is C24H25F4N5S. The molecule has 2 aliphatic rings. The predicted octanol–water partition coefficient (Wildman–Crippen LogP) is 5.40. The van der Waals surface area contributed by atoms with Crippen molar-refractivity contribution in [1.82, 2.24) is 24.6 Å². The lowest BCUT2D eigenvalue weighted by Gasteiger charge is -2.16. The molecule has 180 valence electrons. The van der Waals surface area contributed by atoms with E-state index in [0.717, 1.165) is 67.3 Å². The van der Waals surface area contributed by atoms with Crippen LogP contribution in [-0.4, -0.2) is 50.0 Å². The van der Waals surface area contributed by atoms with Gasteiger partial charge in [0.05, 0.1) is 5.56 Å². The van der Waals surface area contributed by atoms with Gasteiger partial charge < -0.3 is 9.47 Å². The van der Waals surface area contributed by atoms with Gasteiger partial charge in [0.2, 0.25) is 0 Å².